The van der Waals surface area contributed by atoms with Crippen LogP contribution >= 0.6 is 0 Å². The summed E-state index contributed by atoms with van der Waals surface area (Å²) in [6, 6.07) is 6.01. The third-order valence-electron chi connectivity index (χ3n) is 6.10. The molecular weight excluding hydrogens is 382 g/mol. The fraction of sp³-hybridized carbons (Fsp3) is 0.609. The molecule has 1 atom stereocenters. The molecule has 162 valence electrons. The van der Waals surface area contributed by atoms with Crippen molar-refractivity contribution in [2.24, 2.45) is 5.92 Å². The van der Waals surface area contributed by atoms with Crippen molar-refractivity contribution in [3.05, 3.63) is 23.8 Å². The molecule has 1 aromatic carbocycles. The third-order valence-corrected chi connectivity index (χ3v) is 6.10. The Morgan fingerprint density at radius 2 is 1.90 bits per heavy atom. The number of ether oxygens (including phenoxy) is 1. The molecule has 3 aliphatic rings. The summed E-state index contributed by atoms with van der Waals surface area (Å²) >= 11 is 0. The van der Waals surface area contributed by atoms with Gasteiger partial charge in [-0.15, -0.1) is 0 Å². The van der Waals surface area contributed by atoms with Gasteiger partial charge in [0.1, 0.15) is 11.6 Å². The topological polar surface area (TPSA) is 79.0 Å². The summed E-state index contributed by atoms with van der Waals surface area (Å²) in [6.45, 7) is 8.36. The quantitative estimate of drug-likeness (QED) is 0.590. The number of benzene rings is 1. The number of nitrogens with one attached hydrogen (secondary N) is 1. The summed E-state index contributed by atoms with van der Waals surface area (Å²) < 4.78 is 5.40. The van der Waals surface area contributed by atoms with E-state index < -0.39 is 5.60 Å². The van der Waals surface area contributed by atoms with Gasteiger partial charge in [0.25, 0.3) is 0 Å². The number of hydrogen-bond acceptors (Lipinski definition) is 6. The molecule has 1 N–H and O–H groups in total. The maximum Gasteiger partial charge on any atom is 0.306 e. The van der Waals surface area contributed by atoms with Crippen LogP contribution in [0.3, 0.4) is 0 Å². The minimum Gasteiger partial charge on any atom is -0.460 e. The van der Waals surface area contributed by atoms with E-state index >= 15 is 0 Å². The van der Waals surface area contributed by atoms with E-state index in [1.807, 2.05) is 26.8 Å². The standard InChI is InChI=1S/C23H31N3O4/c1-23(2,3)30-21(28)10-7-15-13-25(14-15)17-5-4-6-18-16(17)11-12-26(18)19-8-9-20(27)24-22(19)29/h4-6,15,19H,7-14H2,1-3H3,(H,24,27,29)/t19-/m0/s1. The van der Waals surface area contributed by atoms with Gasteiger partial charge in [0, 0.05) is 49.4 Å². The molecule has 0 aromatic heterocycles. The molecule has 7 nitrogen and oxygen atoms in total. The molecule has 7 heteroatoms. The van der Waals surface area contributed by atoms with E-state index in [1.54, 1.807) is 0 Å². The number of amides is 2. The highest BCUT2D eigenvalue weighted by Gasteiger charge is 2.37. The van der Waals surface area contributed by atoms with E-state index in [1.165, 1.54) is 11.3 Å². The average Bonchev–Trinajstić information content (AvgIpc) is 3.03. The maximum absolute atomic E-state index is 12.3. The summed E-state index contributed by atoms with van der Waals surface area (Å²) in [7, 11) is 0. The van der Waals surface area contributed by atoms with E-state index in [9.17, 15) is 14.4 Å². The largest absolute Gasteiger partial charge is 0.460 e. The zero-order valence-corrected chi connectivity index (χ0v) is 18.1. The fourth-order valence-corrected chi connectivity index (χ4v) is 4.70. The predicted octanol–water partition coefficient (Wildman–Crippen LogP) is 2.41. The van der Waals surface area contributed by atoms with Gasteiger partial charge in [0.2, 0.25) is 11.8 Å². The minimum absolute atomic E-state index is 0.124. The Morgan fingerprint density at radius 3 is 2.60 bits per heavy atom. The summed E-state index contributed by atoms with van der Waals surface area (Å²) in [4.78, 5) is 40.3. The Morgan fingerprint density at radius 1 is 1.17 bits per heavy atom. The molecule has 0 aliphatic carbocycles. The SMILES string of the molecule is CC(C)(C)OC(=O)CCC1CN(c2cccc3c2CCN3[C@H]2CCC(=O)NC2=O)C1. The molecule has 3 heterocycles. The zero-order chi connectivity index (χ0) is 21.5. The van der Waals surface area contributed by atoms with Gasteiger partial charge in [0.05, 0.1) is 0 Å². The molecule has 0 unspecified atom stereocenters. The zero-order valence-electron chi connectivity index (χ0n) is 18.1. The molecule has 30 heavy (non-hydrogen) atoms. The molecular formula is C23H31N3O4. The first kappa shape index (κ1) is 20.7. The Hall–Kier alpha value is -2.57. The molecule has 1 aromatic rings. The lowest BCUT2D eigenvalue weighted by Gasteiger charge is -2.42. The van der Waals surface area contributed by atoms with Gasteiger partial charge in [-0.25, -0.2) is 0 Å². The highest BCUT2D eigenvalue weighted by molar-refractivity contribution is 6.02. The Balaban J connectivity index is 1.35. The third kappa shape index (κ3) is 4.30. The highest BCUT2D eigenvalue weighted by Crippen LogP contribution is 2.40. The summed E-state index contributed by atoms with van der Waals surface area (Å²) in [6.07, 6.45) is 3.19. The second kappa shape index (κ2) is 7.93. The molecule has 0 spiro atoms. The number of imide groups is 1. The molecule has 0 bridgehead atoms. The number of fused-ring (bicyclic) bond motifs is 1. The Labute approximate surface area is 177 Å². The van der Waals surface area contributed by atoms with Crippen molar-refractivity contribution >= 4 is 29.2 Å². The van der Waals surface area contributed by atoms with Crippen molar-refractivity contribution in [3.63, 3.8) is 0 Å². The van der Waals surface area contributed by atoms with E-state index in [-0.39, 0.29) is 23.8 Å². The van der Waals surface area contributed by atoms with Crippen LogP contribution in [0.15, 0.2) is 18.2 Å². The van der Waals surface area contributed by atoms with Gasteiger partial charge in [0.15, 0.2) is 0 Å². The monoisotopic (exact) mass is 413 g/mol. The summed E-state index contributed by atoms with van der Waals surface area (Å²) in [5, 5.41) is 2.47. The van der Waals surface area contributed by atoms with Gasteiger partial charge in [-0.05, 0) is 58.1 Å². The van der Waals surface area contributed by atoms with Crippen LogP contribution in [0.4, 0.5) is 11.4 Å². The molecule has 0 radical (unpaired) electrons. The van der Waals surface area contributed by atoms with Gasteiger partial charge in [-0.1, -0.05) is 6.07 Å². The first-order valence-electron chi connectivity index (χ1n) is 10.9. The van der Waals surface area contributed by atoms with Crippen molar-refractivity contribution in [1.29, 1.82) is 0 Å². The molecule has 2 saturated heterocycles. The maximum atomic E-state index is 12.3. The van der Waals surface area contributed by atoms with Crippen LogP contribution in [0.5, 0.6) is 0 Å². The summed E-state index contributed by atoms with van der Waals surface area (Å²) in [5.74, 6) is 0.0144. The van der Waals surface area contributed by atoms with Gasteiger partial charge in [-0.2, -0.15) is 0 Å². The van der Waals surface area contributed by atoms with Crippen LogP contribution in [-0.2, 0) is 25.5 Å². The van der Waals surface area contributed by atoms with Crippen LogP contribution in [0, 0.1) is 5.92 Å². The van der Waals surface area contributed by atoms with Crippen molar-refractivity contribution in [2.75, 3.05) is 29.4 Å². The highest BCUT2D eigenvalue weighted by atomic mass is 16.6. The van der Waals surface area contributed by atoms with Crippen LogP contribution in [0.25, 0.3) is 0 Å². The molecule has 3 aliphatic heterocycles. The lowest BCUT2D eigenvalue weighted by atomic mass is 9.92. The number of piperidine rings is 1. The average molecular weight is 414 g/mol. The first-order valence-corrected chi connectivity index (χ1v) is 10.9. The number of esters is 1. The van der Waals surface area contributed by atoms with Gasteiger partial charge >= 0.3 is 5.97 Å². The van der Waals surface area contributed by atoms with Gasteiger partial charge in [-0.3, -0.25) is 19.7 Å². The Bertz CT molecular complexity index is 854. The van der Waals surface area contributed by atoms with Crippen LogP contribution in [-0.4, -0.2) is 49.1 Å². The van der Waals surface area contributed by atoms with E-state index in [2.05, 4.69) is 27.2 Å². The van der Waals surface area contributed by atoms with Crippen molar-refractivity contribution in [1.82, 2.24) is 5.32 Å². The molecule has 2 fully saturated rings. The molecule has 4 rings (SSSR count). The molecule has 0 saturated carbocycles. The Kier molecular flexibility index (Phi) is 5.47. The second-order valence-electron chi connectivity index (χ2n) is 9.58. The van der Waals surface area contributed by atoms with Gasteiger partial charge < -0.3 is 14.5 Å². The number of rotatable bonds is 5. The number of carbonyl (C=O) groups excluding carboxylic acids is 3. The van der Waals surface area contributed by atoms with E-state index in [0.717, 1.165) is 38.2 Å². The second-order valence-corrected chi connectivity index (χ2v) is 9.58. The molecule has 2 amide bonds. The fourth-order valence-electron chi connectivity index (χ4n) is 4.70. The van der Waals surface area contributed by atoms with E-state index in [4.69, 9.17) is 4.74 Å². The van der Waals surface area contributed by atoms with Crippen LogP contribution in [0.2, 0.25) is 0 Å². The lowest BCUT2D eigenvalue weighted by Crippen LogP contribution is -2.52. The summed E-state index contributed by atoms with van der Waals surface area (Å²) in [5.41, 5.74) is 3.20. The van der Waals surface area contributed by atoms with E-state index in [0.29, 0.717) is 25.2 Å². The predicted molar refractivity (Wildman–Crippen MR) is 114 cm³/mol. The smallest absolute Gasteiger partial charge is 0.306 e. The minimum atomic E-state index is -0.429. The van der Waals surface area contributed by atoms with Crippen molar-refractivity contribution in [2.45, 2.75) is 64.5 Å². The first-order chi connectivity index (χ1) is 14.2. The number of nitrogens with zero attached hydrogens (tertiary/aromatic N) is 2. The normalized spacial score (nSPS) is 21.9. The van der Waals surface area contributed by atoms with Crippen LogP contribution < -0.4 is 15.1 Å². The van der Waals surface area contributed by atoms with Crippen molar-refractivity contribution in [3.8, 4) is 0 Å². The number of carbonyl (C=O) groups is 3. The number of hydrogen-bond donors (Lipinski definition) is 1. The van der Waals surface area contributed by atoms with Crippen molar-refractivity contribution < 1.29 is 19.1 Å². The number of anilines is 2. The van der Waals surface area contributed by atoms with Crippen LogP contribution in [0.1, 0.15) is 52.0 Å². The lowest BCUT2D eigenvalue weighted by molar-refractivity contribution is -0.155.